The number of benzene rings is 2. The van der Waals surface area contributed by atoms with E-state index < -0.39 is 11.9 Å². The molecule has 0 bridgehead atoms. The van der Waals surface area contributed by atoms with Crippen molar-refractivity contribution in [1.82, 2.24) is 15.5 Å². The van der Waals surface area contributed by atoms with Gasteiger partial charge in [-0.05, 0) is 42.9 Å². The molecule has 2 aliphatic heterocycles. The van der Waals surface area contributed by atoms with Crippen LogP contribution in [0.25, 0.3) is 0 Å². The van der Waals surface area contributed by atoms with Gasteiger partial charge in [0, 0.05) is 42.6 Å². The van der Waals surface area contributed by atoms with Crippen LogP contribution in [-0.2, 0) is 22.7 Å². The van der Waals surface area contributed by atoms with Crippen molar-refractivity contribution >= 4 is 23.5 Å². The highest BCUT2D eigenvalue weighted by atomic mass is 16.2. The highest BCUT2D eigenvalue weighted by Crippen LogP contribution is 2.30. The maximum absolute atomic E-state index is 12.9. The maximum Gasteiger partial charge on any atom is 0.255 e. The minimum atomic E-state index is -0.597. The number of ketones is 1. The van der Waals surface area contributed by atoms with Crippen molar-refractivity contribution in [3.63, 3.8) is 0 Å². The Morgan fingerprint density at radius 2 is 1.85 bits per heavy atom. The van der Waals surface area contributed by atoms with Crippen LogP contribution in [-0.4, -0.2) is 40.5 Å². The number of rotatable bonds is 6. The van der Waals surface area contributed by atoms with Gasteiger partial charge in [0.05, 0.1) is 0 Å². The molecule has 176 valence electrons. The molecule has 0 radical (unpaired) electrons. The molecule has 7 heteroatoms. The average Bonchev–Trinajstić information content (AvgIpc) is 3.18. The number of carbonyl (C=O) groups excluding carboxylic acids is 4. The van der Waals surface area contributed by atoms with Crippen molar-refractivity contribution in [2.45, 2.75) is 63.7 Å². The first-order chi connectivity index (χ1) is 16.5. The van der Waals surface area contributed by atoms with Crippen LogP contribution in [0.1, 0.15) is 70.4 Å². The van der Waals surface area contributed by atoms with Crippen LogP contribution in [0.5, 0.6) is 0 Å². The lowest BCUT2D eigenvalue weighted by molar-refractivity contribution is -0.136. The van der Waals surface area contributed by atoms with Gasteiger partial charge in [-0.15, -0.1) is 0 Å². The molecular weight excluding hydrogens is 430 g/mol. The van der Waals surface area contributed by atoms with E-state index in [1.165, 1.54) is 0 Å². The van der Waals surface area contributed by atoms with Crippen molar-refractivity contribution in [2.24, 2.45) is 5.92 Å². The van der Waals surface area contributed by atoms with Crippen molar-refractivity contribution < 1.29 is 19.2 Å². The monoisotopic (exact) mass is 459 g/mol. The topological polar surface area (TPSA) is 95.6 Å². The third-order valence-corrected chi connectivity index (χ3v) is 7.29. The van der Waals surface area contributed by atoms with Gasteiger partial charge in [-0.1, -0.05) is 48.9 Å². The van der Waals surface area contributed by atoms with Crippen molar-refractivity contribution in [3.8, 4) is 0 Å². The minimum absolute atomic E-state index is 0.0494. The lowest BCUT2D eigenvalue weighted by atomic mass is 9.81. The van der Waals surface area contributed by atoms with E-state index in [-0.39, 0.29) is 36.0 Å². The second-order valence-electron chi connectivity index (χ2n) is 9.56. The van der Waals surface area contributed by atoms with E-state index in [1.54, 1.807) is 4.90 Å². The average molecular weight is 460 g/mol. The zero-order valence-corrected chi connectivity index (χ0v) is 19.1. The van der Waals surface area contributed by atoms with E-state index >= 15 is 0 Å². The molecule has 3 aliphatic rings. The lowest BCUT2D eigenvalue weighted by Gasteiger charge is -2.29. The first-order valence-corrected chi connectivity index (χ1v) is 12.1. The van der Waals surface area contributed by atoms with Gasteiger partial charge in [0.1, 0.15) is 6.04 Å². The van der Waals surface area contributed by atoms with Gasteiger partial charge in [0.25, 0.3) is 5.91 Å². The molecule has 2 aromatic rings. The Morgan fingerprint density at radius 1 is 1.03 bits per heavy atom. The first-order valence-electron chi connectivity index (χ1n) is 12.1. The van der Waals surface area contributed by atoms with Gasteiger partial charge in [0.15, 0.2) is 5.78 Å². The fourth-order valence-corrected chi connectivity index (χ4v) is 5.45. The SMILES string of the molecule is O=C1CCC(N2Cc3cc(CNC4CCCC(C(=O)c5ccccc5)C4)ccc3C2=O)C(=O)N1. The van der Waals surface area contributed by atoms with Crippen LogP contribution in [0.15, 0.2) is 48.5 Å². The summed E-state index contributed by atoms with van der Waals surface area (Å²) < 4.78 is 0. The summed E-state index contributed by atoms with van der Waals surface area (Å²) in [6, 6.07) is 15.0. The summed E-state index contributed by atoms with van der Waals surface area (Å²) in [5, 5.41) is 5.95. The number of hydrogen-bond acceptors (Lipinski definition) is 5. The van der Waals surface area contributed by atoms with Gasteiger partial charge < -0.3 is 10.2 Å². The normalized spacial score (nSPS) is 24.6. The summed E-state index contributed by atoms with van der Waals surface area (Å²) in [6.07, 6.45) is 4.46. The Morgan fingerprint density at radius 3 is 2.65 bits per heavy atom. The quantitative estimate of drug-likeness (QED) is 0.512. The molecule has 2 fully saturated rings. The van der Waals surface area contributed by atoms with Crippen molar-refractivity contribution in [1.29, 1.82) is 0 Å². The number of fused-ring (bicyclic) bond motifs is 1. The van der Waals surface area contributed by atoms with Gasteiger partial charge >= 0.3 is 0 Å². The van der Waals surface area contributed by atoms with E-state index in [1.807, 2.05) is 48.5 Å². The van der Waals surface area contributed by atoms with Crippen molar-refractivity contribution in [3.05, 3.63) is 70.8 Å². The molecule has 34 heavy (non-hydrogen) atoms. The summed E-state index contributed by atoms with van der Waals surface area (Å²) in [4.78, 5) is 51.0. The molecule has 5 rings (SSSR count). The van der Waals surface area contributed by atoms with Gasteiger partial charge in [0.2, 0.25) is 11.8 Å². The van der Waals surface area contributed by atoms with Crippen LogP contribution in [0.3, 0.4) is 0 Å². The summed E-state index contributed by atoms with van der Waals surface area (Å²) >= 11 is 0. The standard InChI is InChI=1S/C27H29N3O4/c31-24-12-11-23(26(33)29-24)30-16-20-13-17(9-10-22(20)27(30)34)15-28-21-8-4-7-19(14-21)25(32)18-5-2-1-3-6-18/h1-3,5-6,9-10,13,19,21,23,28H,4,7-8,11-12,14-16H2,(H,29,31,33). The number of nitrogens with one attached hydrogen (secondary N) is 2. The summed E-state index contributed by atoms with van der Waals surface area (Å²) in [6.45, 7) is 1.04. The van der Waals surface area contributed by atoms with Gasteiger partial charge in [-0.3, -0.25) is 24.5 Å². The van der Waals surface area contributed by atoms with Crippen molar-refractivity contribution in [2.75, 3.05) is 0 Å². The Bertz CT molecular complexity index is 1130. The molecule has 3 amide bonds. The fourth-order valence-electron chi connectivity index (χ4n) is 5.45. The number of hydrogen-bond donors (Lipinski definition) is 2. The molecule has 0 spiro atoms. The van der Waals surface area contributed by atoms with Crippen LogP contribution >= 0.6 is 0 Å². The molecule has 1 saturated carbocycles. The zero-order chi connectivity index (χ0) is 23.7. The summed E-state index contributed by atoms with van der Waals surface area (Å²) in [7, 11) is 0. The van der Waals surface area contributed by atoms with Crippen LogP contribution < -0.4 is 10.6 Å². The summed E-state index contributed by atoms with van der Waals surface area (Å²) in [5.74, 6) is -0.547. The molecule has 2 aromatic carbocycles. The number of imide groups is 1. The molecular formula is C27H29N3O4. The van der Waals surface area contributed by atoms with E-state index in [4.69, 9.17) is 0 Å². The number of carbonyl (C=O) groups is 4. The minimum Gasteiger partial charge on any atom is -0.322 e. The number of amides is 3. The predicted octanol–water partition coefficient (Wildman–Crippen LogP) is 2.98. The number of nitrogens with zero attached hydrogens (tertiary/aromatic N) is 1. The molecule has 3 atom stereocenters. The molecule has 7 nitrogen and oxygen atoms in total. The van der Waals surface area contributed by atoms with Crippen LogP contribution in [0, 0.1) is 5.92 Å². The number of piperidine rings is 1. The molecule has 2 heterocycles. The molecule has 0 aromatic heterocycles. The molecule has 2 N–H and O–H groups in total. The second-order valence-corrected chi connectivity index (χ2v) is 9.56. The van der Waals surface area contributed by atoms with E-state index in [0.29, 0.717) is 25.1 Å². The van der Waals surface area contributed by atoms with E-state index in [2.05, 4.69) is 10.6 Å². The van der Waals surface area contributed by atoms with E-state index in [9.17, 15) is 19.2 Å². The smallest absolute Gasteiger partial charge is 0.255 e. The Labute approximate surface area is 198 Å². The first kappa shape index (κ1) is 22.5. The third-order valence-electron chi connectivity index (χ3n) is 7.29. The van der Waals surface area contributed by atoms with E-state index in [0.717, 1.165) is 42.4 Å². The zero-order valence-electron chi connectivity index (χ0n) is 19.1. The van der Waals surface area contributed by atoms with Gasteiger partial charge in [-0.25, -0.2) is 0 Å². The predicted molar refractivity (Wildman–Crippen MR) is 126 cm³/mol. The molecule has 3 unspecified atom stereocenters. The largest absolute Gasteiger partial charge is 0.322 e. The van der Waals surface area contributed by atoms with Gasteiger partial charge in [-0.2, -0.15) is 0 Å². The highest BCUT2D eigenvalue weighted by molar-refractivity contribution is 6.05. The van der Waals surface area contributed by atoms with Crippen LogP contribution in [0.2, 0.25) is 0 Å². The maximum atomic E-state index is 12.9. The molecule has 1 saturated heterocycles. The Balaban J connectivity index is 1.19. The summed E-state index contributed by atoms with van der Waals surface area (Å²) in [5.41, 5.74) is 3.40. The second kappa shape index (κ2) is 9.50. The third kappa shape index (κ3) is 4.53. The molecule has 1 aliphatic carbocycles. The number of Topliss-reactive ketones (excluding diaryl/α,β-unsaturated/α-hetero) is 1. The fraction of sp³-hybridized carbons (Fsp3) is 0.407. The highest BCUT2D eigenvalue weighted by Gasteiger charge is 2.39. The lowest BCUT2D eigenvalue weighted by Crippen LogP contribution is -2.52. The Hall–Kier alpha value is -3.32. The Kier molecular flexibility index (Phi) is 6.28. The van der Waals surface area contributed by atoms with Crippen LogP contribution in [0.4, 0.5) is 0 Å².